The summed E-state index contributed by atoms with van der Waals surface area (Å²) in [7, 11) is 0. The van der Waals surface area contributed by atoms with Crippen molar-refractivity contribution in [3.05, 3.63) is 66.9 Å². The van der Waals surface area contributed by atoms with Crippen molar-refractivity contribution in [2.45, 2.75) is 20.0 Å². The van der Waals surface area contributed by atoms with Crippen LogP contribution in [0.3, 0.4) is 0 Å². The number of benzene rings is 2. The van der Waals surface area contributed by atoms with Crippen LogP contribution in [0.4, 0.5) is 17.3 Å². The Balaban J connectivity index is 1.58. The molecule has 2 aromatic carbocycles. The SMILES string of the molecule is CC(C)[C@H](O)C(=O)Nc1ccc(-c2ccnc(N(c3ccccc3)N3CCOCC3)n2)cc1. The van der Waals surface area contributed by atoms with Gasteiger partial charge in [0, 0.05) is 30.5 Å². The fourth-order valence-electron chi connectivity index (χ4n) is 3.58. The molecule has 0 saturated carbocycles. The minimum atomic E-state index is -1.04. The van der Waals surface area contributed by atoms with Crippen LogP contribution in [-0.4, -0.2) is 58.4 Å². The number of morpholine rings is 1. The van der Waals surface area contributed by atoms with Crippen molar-refractivity contribution < 1.29 is 14.6 Å². The standard InChI is InChI=1S/C25H29N5O3/c1-18(2)23(31)24(32)27-20-10-8-19(9-11-20)22-12-13-26-25(28-22)30(21-6-4-3-5-7-21)29-14-16-33-17-15-29/h3-13,18,23,31H,14-17H2,1-2H3,(H,27,32)/t23-/m0/s1. The van der Waals surface area contributed by atoms with Gasteiger partial charge in [-0.15, -0.1) is 0 Å². The largest absolute Gasteiger partial charge is 0.383 e. The molecule has 1 aromatic heterocycles. The predicted molar refractivity (Wildman–Crippen MR) is 128 cm³/mol. The van der Waals surface area contributed by atoms with Gasteiger partial charge in [-0.3, -0.25) is 4.79 Å². The average molecular weight is 448 g/mol. The first-order chi connectivity index (χ1) is 16.0. The number of hydrogen-bond donors (Lipinski definition) is 2. The van der Waals surface area contributed by atoms with E-state index in [-0.39, 0.29) is 5.92 Å². The summed E-state index contributed by atoms with van der Waals surface area (Å²) in [4.78, 5) is 21.5. The summed E-state index contributed by atoms with van der Waals surface area (Å²) in [5.74, 6) is 0.0202. The number of nitrogens with one attached hydrogen (secondary N) is 1. The quantitative estimate of drug-likeness (QED) is 0.573. The summed E-state index contributed by atoms with van der Waals surface area (Å²) in [5, 5.41) is 16.9. The van der Waals surface area contributed by atoms with Crippen LogP contribution < -0.4 is 10.3 Å². The number of aliphatic hydroxyl groups is 1. The second kappa shape index (κ2) is 10.5. The molecule has 1 atom stereocenters. The molecule has 172 valence electrons. The van der Waals surface area contributed by atoms with Gasteiger partial charge in [-0.25, -0.2) is 20.0 Å². The van der Waals surface area contributed by atoms with E-state index in [9.17, 15) is 9.90 Å². The molecule has 8 heteroatoms. The number of anilines is 3. The number of hydrazine groups is 1. The molecule has 1 fully saturated rings. The molecule has 0 spiro atoms. The maximum Gasteiger partial charge on any atom is 0.253 e. The van der Waals surface area contributed by atoms with Gasteiger partial charge in [-0.05, 0) is 36.2 Å². The molecular formula is C25H29N5O3. The van der Waals surface area contributed by atoms with E-state index in [4.69, 9.17) is 9.72 Å². The van der Waals surface area contributed by atoms with Gasteiger partial charge in [-0.1, -0.05) is 44.2 Å². The zero-order valence-electron chi connectivity index (χ0n) is 18.9. The van der Waals surface area contributed by atoms with Crippen LogP contribution in [0.25, 0.3) is 11.3 Å². The van der Waals surface area contributed by atoms with Crippen molar-refractivity contribution in [1.82, 2.24) is 15.0 Å². The van der Waals surface area contributed by atoms with Gasteiger partial charge in [0.25, 0.3) is 5.91 Å². The smallest absolute Gasteiger partial charge is 0.253 e. The molecule has 0 bridgehead atoms. The molecule has 0 aliphatic carbocycles. The van der Waals surface area contributed by atoms with Gasteiger partial charge in [0.1, 0.15) is 6.10 Å². The lowest BCUT2D eigenvalue weighted by Gasteiger charge is -2.37. The van der Waals surface area contributed by atoms with E-state index in [1.807, 2.05) is 53.5 Å². The number of amides is 1. The molecule has 2 heterocycles. The van der Waals surface area contributed by atoms with Gasteiger partial charge >= 0.3 is 0 Å². The highest BCUT2D eigenvalue weighted by molar-refractivity contribution is 5.94. The number of nitrogens with zero attached hydrogens (tertiary/aromatic N) is 4. The topological polar surface area (TPSA) is 90.8 Å². The van der Waals surface area contributed by atoms with Gasteiger partial charge in [0.15, 0.2) is 0 Å². The Morgan fingerprint density at radius 2 is 1.76 bits per heavy atom. The molecule has 1 amide bonds. The van der Waals surface area contributed by atoms with Crippen molar-refractivity contribution >= 4 is 23.2 Å². The number of ether oxygens (including phenoxy) is 1. The van der Waals surface area contributed by atoms with Crippen LogP contribution in [0, 0.1) is 5.92 Å². The first-order valence-corrected chi connectivity index (χ1v) is 11.1. The van der Waals surface area contributed by atoms with Gasteiger partial charge in [0.2, 0.25) is 5.95 Å². The Bertz CT molecular complexity index is 1050. The first-order valence-electron chi connectivity index (χ1n) is 11.1. The predicted octanol–water partition coefficient (Wildman–Crippen LogP) is 3.48. The molecule has 33 heavy (non-hydrogen) atoms. The molecule has 1 saturated heterocycles. The summed E-state index contributed by atoms with van der Waals surface area (Å²) >= 11 is 0. The molecule has 0 radical (unpaired) electrons. The fraction of sp³-hybridized carbons (Fsp3) is 0.320. The first kappa shape index (κ1) is 22.8. The summed E-state index contributed by atoms with van der Waals surface area (Å²) in [6.45, 7) is 6.41. The van der Waals surface area contributed by atoms with E-state index in [0.29, 0.717) is 24.8 Å². The molecule has 1 aliphatic heterocycles. The highest BCUT2D eigenvalue weighted by Crippen LogP contribution is 2.27. The Morgan fingerprint density at radius 3 is 2.42 bits per heavy atom. The zero-order chi connectivity index (χ0) is 23.2. The van der Waals surface area contributed by atoms with Crippen LogP contribution in [0.15, 0.2) is 66.9 Å². The fourth-order valence-corrected chi connectivity index (χ4v) is 3.58. The number of aliphatic hydroxyl groups excluding tert-OH is 1. The maximum atomic E-state index is 12.1. The molecule has 8 nitrogen and oxygen atoms in total. The van der Waals surface area contributed by atoms with Gasteiger partial charge in [-0.2, -0.15) is 0 Å². The number of carbonyl (C=O) groups excluding carboxylic acids is 1. The van der Waals surface area contributed by atoms with E-state index in [1.165, 1.54) is 0 Å². The third kappa shape index (κ3) is 5.54. The summed E-state index contributed by atoms with van der Waals surface area (Å²) < 4.78 is 5.53. The lowest BCUT2D eigenvalue weighted by molar-refractivity contribution is -0.125. The van der Waals surface area contributed by atoms with Crippen LogP contribution in [0.2, 0.25) is 0 Å². The highest BCUT2D eigenvalue weighted by atomic mass is 16.5. The van der Waals surface area contributed by atoms with E-state index in [0.717, 1.165) is 30.0 Å². The summed E-state index contributed by atoms with van der Waals surface area (Å²) in [6, 6.07) is 19.3. The molecule has 1 aliphatic rings. The normalized spacial score (nSPS) is 15.3. The maximum absolute atomic E-state index is 12.1. The van der Waals surface area contributed by atoms with Crippen molar-refractivity contribution in [2.24, 2.45) is 5.92 Å². The van der Waals surface area contributed by atoms with E-state index in [2.05, 4.69) is 15.3 Å². The average Bonchev–Trinajstić information content (AvgIpc) is 2.85. The molecule has 0 unspecified atom stereocenters. The number of aromatic nitrogens is 2. The molecule has 2 N–H and O–H groups in total. The minimum absolute atomic E-state index is 0.150. The van der Waals surface area contributed by atoms with Crippen molar-refractivity contribution in [1.29, 1.82) is 0 Å². The number of para-hydroxylation sites is 1. The summed E-state index contributed by atoms with van der Waals surface area (Å²) in [5.41, 5.74) is 3.28. The number of hydrogen-bond acceptors (Lipinski definition) is 7. The highest BCUT2D eigenvalue weighted by Gasteiger charge is 2.23. The third-order valence-corrected chi connectivity index (χ3v) is 5.45. The molecular weight excluding hydrogens is 418 g/mol. The van der Waals surface area contributed by atoms with E-state index in [1.54, 1.807) is 32.2 Å². The number of carbonyl (C=O) groups is 1. The number of rotatable bonds is 7. The van der Waals surface area contributed by atoms with Crippen molar-refractivity contribution in [2.75, 3.05) is 36.6 Å². The lowest BCUT2D eigenvalue weighted by atomic mass is 10.1. The molecule has 4 rings (SSSR count). The Kier molecular flexibility index (Phi) is 7.29. The monoisotopic (exact) mass is 447 g/mol. The van der Waals surface area contributed by atoms with Crippen molar-refractivity contribution in [3.8, 4) is 11.3 Å². The lowest BCUT2D eigenvalue weighted by Crippen LogP contribution is -2.47. The second-order valence-corrected chi connectivity index (χ2v) is 8.21. The van der Waals surface area contributed by atoms with Crippen LogP contribution in [-0.2, 0) is 9.53 Å². The second-order valence-electron chi connectivity index (χ2n) is 8.21. The van der Waals surface area contributed by atoms with Gasteiger partial charge in [0.05, 0.1) is 24.6 Å². The van der Waals surface area contributed by atoms with Crippen LogP contribution >= 0.6 is 0 Å². The van der Waals surface area contributed by atoms with Gasteiger partial charge < -0.3 is 15.2 Å². The Morgan fingerprint density at radius 1 is 1.06 bits per heavy atom. The van der Waals surface area contributed by atoms with E-state index < -0.39 is 12.0 Å². The van der Waals surface area contributed by atoms with Crippen LogP contribution in [0.1, 0.15) is 13.8 Å². The van der Waals surface area contributed by atoms with Crippen LogP contribution in [0.5, 0.6) is 0 Å². The van der Waals surface area contributed by atoms with Crippen molar-refractivity contribution in [3.63, 3.8) is 0 Å². The third-order valence-electron chi connectivity index (χ3n) is 5.45. The zero-order valence-corrected chi connectivity index (χ0v) is 18.9. The Hall–Kier alpha value is -3.33. The minimum Gasteiger partial charge on any atom is -0.383 e. The summed E-state index contributed by atoms with van der Waals surface area (Å²) in [6.07, 6.45) is 0.709. The van der Waals surface area contributed by atoms with E-state index >= 15 is 0 Å². The molecule has 3 aromatic rings. The Labute approximate surface area is 193 Å².